The molecule has 2 aliphatic heterocycles. The Morgan fingerprint density at radius 2 is 2.00 bits per heavy atom. The van der Waals surface area contributed by atoms with Crippen molar-refractivity contribution in [1.82, 2.24) is 10.2 Å². The van der Waals surface area contributed by atoms with Crippen molar-refractivity contribution >= 4 is 0 Å². The zero-order chi connectivity index (χ0) is 10.3. The van der Waals surface area contributed by atoms with Crippen LogP contribution in [0.3, 0.4) is 0 Å². The molecule has 0 spiro atoms. The van der Waals surface area contributed by atoms with Crippen LogP contribution in [0.25, 0.3) is 0 Å². The van der Waals surface area contributed by atoms with Crippen LogP contribution >= 0.6 is 0 Å². The Bertz CT molecular complexity index is 223. The Morgan fingerprint density at radius 3 is 2.80 bits per heavy atom. The first-order valence-corrected chi connectivity index (χ1v) is 6.83. The van der Waals surface area contributed by atoms with Gasteiger partial charge in [0.25, 0.3) is 0 Å². The highest BCUT2D eigenvalue weighted by molar-refractivity contribution is 4.92. The minimum absolute atomic E-state index is 0.781. The molecule has 2 nitrogen and oxygen atoms in total. The summed E-state index contributed by atoms with van der Waals surface area (Å²) in [6.45, 7) is 5.11. The molecule has 0 amide bonds. The van der Waals surface area contributed by atoms with Gasteiger partial charge in [-0.1, -0.05) is 0 Å². The maximum atomic E-state index is 3.87. The molecular formula is C13H24N2. The Morgan fingerprint density at radius 1 is 1.13 bits per heavy atom. The van der Waals surface area contributed by atoms with E-state index in [9.17, 15) is 0 Å². The Labute approximate surface area is 93.4 Å². The van der Waals surface area contributed by atoms with Gasteiger partial charge in [0.05, 0.1) is 0 Å². The molecule has 2 heterocycles. The molecule has 3 rings (SSSR count). The van der Waals surface area contributed by atoms with Gasteiger partial charge in [-0.15, -0.1) is 0 Å². The molecule has 1 aliphatic carbocycles. The summed E-state index contributed by atoms with van der Waals surface area (Å²) in [4.78, 5) is 2.71. The number of nitrogens with zero attached hydrogens (tertiary/aromatic N) is 1. The average molecular weight is 208 g/mol. The first-order chi connectivity index (χ1) is 7.33. The summed E-state index contributed by atoms with van der Waals surface area (Å²) in [6, 6.07) is 2.52. The standard InChI is InChI=1S/C13H24N2/c1-10(11-4-5-11)14-12-6-8-15-7-2-3-13(15)9-12/h10-14H,2-9H2,1H3. The van der Waals surface area contributed by atoms with E-state index in [1.807, 2.05) is 0 Å². The van der Waals surface area contributed by atoms with Crippen LogP contribution in [0, 0.1) is 5.92 Å². The van der Waals surface area contributed by atoms with E-state index in [0.29, 0.717) is 0 Å². The molecule has 2 heteroatoms. The highest BCUT2D eigenvalue weighted by atomic mass is 15.2. The smallest absolute Gasteiger partial charge is 0.0111 e. The lowest BCUT2D eigenvalue weighted by Gasteiger charge is -2.36. The van der Waals surface area contributed by atoms with Gasteiger partial charge in [-0.2, -0.15) is 0 Å². The third-order valence-corrected chi connectivity index (χ3v) is 4.65. The van der Waals surface area contributed by atoms with E-state index in [0.717, 1.165) is 24.0 Å². The van der Waals surface area contributed by atoms with Gasteiger partial charge in [-0.3, -0.25) is 0 Å². The fraction of sp³-hybridized carbons (Fsp3) is 1.00. The summed E-state index contributed by atoms with van der Waals surface area (Å²) in [5, 5.41) is 3.87. The normalized spacial score (nSPS) is 39.0. The van der Waals surface area contributed by atoms with Crippen molar-refractivity contribution in [3.05, 3.63) is 0 Å². The van der Waals surface area contributed by atoms with Crippen molar-refractivity contribution in [2.45, 2.75) is 63.6 Å². The molecule has 0 bridgehead atoms. The van der Waals surface area contributed by atoms with E-state index in [-0.39, 0.29) is 0 Å². The van der Waals surface area contributed by atoms with Crippen LogP contribution in [-0.2, 0) is 0 Å². The first-order valence-electron chi connectivity index (χ1n) is 6.83. The lowest BCUT2D eigenvalue weighted by Crippen LogP contribution is -2.48. The number of rotatable bonds is 3. The topological polar surface area (TPSA) is 15.3 Å². The third kappa shape index (κ3) is 2.21. The number of fused-ring (bicyclic) bond motifs is 1. The lowest BCUT2D eigenvalue weighted by molar-refractivity contribution is 0.160. The fourth-order valence-corrected chi connectivity index (χ4v) is 3.48. The Balaban J connectivity index is 1.50. The van der Waals surface area contributed by atoms with Gasteiger partial charge < -0.3 is 10.2 Å². The zero-order valence-corrected chi connectivity index (χ0v) is 9.91. The maximum absolute atomic E-state index is 3.87. The molecule has 86 valence electrons. The molecule has 1 N–H and O–H groups in total. The summed E-state index contributed by atoms with van der Waals surface area (Å²) in [7, 11) is 0. The average Bonchev–Trinajstić information content (AvgIpc) is 2.98. The predicted octanol–water partition coefficient (Wildman–Crippen LogP) is 2.00. The second kappa shape index (κ2) is 4.06. The SMILES string of the molecule is CC(NC1CCN2CCCC2C1)C1CC1. The van der Waals surface area contributed by atoms with Crippen molar-refractivity contribution in [2.24, 2.45) is 5.92 Å². The van der Waals surface area contributed by atoms with Crippen molar-refractivity contribution in [3.8, 4) is 0 Å². The molecule has 0 aromatic heterocycles. The second-order valence-electron chi connectivity index (χ2n) is 5.85. The number of piperidine rings is 1. The molecule has 3 unspecified atom stereocenters. The molecule has 3 atom stereocenters. The fourth-order valence-electron chi connectivity index (χ4n) is 3.48. The van der Waals surface area contributed by atoms with Crippen molar-refractivity contribution in [2.75, 3.05) is 13.1 Å². The minimum atomic E-state index is 0.781. The molecule has 0 radical (unpaired) electrons. The van der Waals surface area contributed by atoms with Crippen LogP contribution < -0.4 is 5.32 Å². The summed E-state index contributed by atoms with van der Waals surface area (Å²) in [5.41, 5.74) is 0. The summed E-state index contributed by atoms with van der Waals surface area (Å²) in [6.07, 6.45) is 8.63. The third-order valence-electron chi connectivity index (χ3n) is 4.65. The number of nitrogens with one attached hydrogen (secondary N) is 1. The van der Waals surface area contributed by atoms with Gasteiger partial charge in [-0.05, 0) is 64.5 Å². The van der Waals surface area contributed by atoms with Crippen LogP contribution in [0.15, 0.2) is 0 Å². The van der Waals surface area contributed by atoms with E-state index in [4.69, 9.17) is 0 Å². The molecule has 3 aliphatic rings. The van der Waals surface area contributed by atoms with Crippen LogP contribution in [-0.4, -0.2) is 36.1 Å². The highest BCUT2D eigenvalue weighted by Gasteiger charge is 2.34. The van der Waals surface area contributed by atoms with Gasteiger partial charge in [0, 0.05) is 18.1 Å². The Kier molecular flexibility index (Phi) is 2.73. The lowest BCUT2D eigenvalue weighted by atomic mass is 9.96. The molecule has 0 aromatic rings. The van der Waals surface area contributed by atoms with E-state index in [2.05, 4.69) is 17.1 Å². The van der Waals surface area contributed by atoms with Crippen molar-refractivity contribution < 1.29 is 0 Å². The van der Waals surface area contributed by atoms with E-state index < -0.39 is 0 Å². The largest absolute Gasteiger partial charge is 0.311 e. The summed E-state index contributed by atoms with van der Waals surface area (Å²) in [5.74, 6) is 1.01. The monoisotopic (exact) mass is 208 g/mol. The van der Waals surface area contributed by atoms with Crippen LogP contribution in [0.5, 0.6) is 0 Å². The Hall–Kier alpha value is -0.0800. The van der Waals surface area contributed by atoms with E-state index in [1.165, 1.54) is 51.6 Å². The predicted molar refractivity (Wildman–Crippen MR) is 62.9 cm³/mol. The minimum Gasteiger partial charge on any atom is -0.311 e. The molecular weight excluding hydrogens is 184 g/mol. The van der Waals surface area contributed by atoms with Gasteiger partial charge in [0.15, 0.2) is 0 Å². The molecule has 1 saturated carbocycles. The van der Waals surface area contributed by atoms with Gasteiger partial charge in [0.1, 0.15) is 0 Å². The molecule has 0 aromatic carbocycles. The number of hydrogen-bond acceptors (Lipinski definition) is 2. The van der Waals surface area contributed by atoms with Crippen LogP contribution in [0.2, 0.25) is 0 Å². The van der Waals surface area contributed by atoms with E-state index in [1.54, 1.807) is 0 Å². The van der Waals surface area contributed by atoms with Crippen LogP contribution in [0.1, 0.15) is 45.4 Å². The van der Waals surface area contributed by atoms with Crippen LogP contribution in [0.4, 0.5) is 0 Å². The maximum Gasteiger partial charge on any atom is 0.0111 e. The van der Waals surface area contributed by atoms with Gasteiger partial charge >= 0.3 is 0 Å². The van der Waals surface area contributed by atoms with Crippen molar-refractivity contribution in [3.63, 3.8) is 0 Å². The molecule has 3 fully saturated rings. The van der Waals surface area contributed by atoms with Gasteiger partial charge in [-0.25, -0.2) is 0 Å². The first kappa shape index (κ1) is 10.1. The summed E-state index contributed by atoms with van der Waals surface area (Å²) < 4.78 is 0. The highest BCUT2D eigenvalue weighted by Crippen LogP contribution is 2.34. The van der Waals surface area contributed by atoms with E-state index >= 15 is 0 Å². The van der Waals surface area contributed by atoms with Crippen molar-refractivity contribution in [1.29, 1.82) is 0 Å². The molecule has 2 saturated heterocycles. The quantitative estimate of drug-likeness (QED) is 0.763. The second-order valence-corrected chi connectivity index (χ2v) is 5.85. The zero-order valence-electron chi connectivity index (χ0n) is 9.91. The van der Waals surface area contributed by atoms with Gasteiger partial charge in [0.2, 0.25) is 0 Å². The molecule has 15 heavy (non-hydrogen) atoms. The summed E-state index contributed by atoms with van der Waals surface area (Å²) >= 11 is 0. The number of hydrogen-bond donors (Lipinski definition) is 1.